The molecule has 1 fully saturated rings. The first kappa shape index (κ1) is 32.2. The van der Waals surface area contributed by atoms with E-state index in [-0.39, 0.29) is 11.0 Å². The molecule has 0 radical (unpaired) electrons. The van der Waals surface area contributed by atoms with Crippen LogP contribution in [0.15, 0.2) is 127 Å². The Kier molecular flexibility index (Phi) is 6.51. The van der Waals surface area contributed by atoms with Gasteiger partial charge in [0.25, 0.3) is 0 Å². The molecule has 2 unspecified atom stereocenters. The minimum absolute atomic E-state index is 0.0148. The molecule has 0 bridgehead atoms. The van der Waals surface area contributed by atoms with Crippen LogP contribution in [0.3, 0.4) is 0 Å². The summed E-state index contributed by atoms with van der Waals surface area (Å²) >= 11 is 0. The second-order valence-electron chi connectivity index (χ2n) is 17.6. The Morgan fingerprint density at radius 2 is 1.17 bits per heavy atom. The first-order chi connectivity index (χ1) is 26.1. The van der Waals surface area contributed by atoms with Crippen molar-refractivity contribution in [3.63, 3.8) is 0 Å². The number of hydrogen-bond donors (Lipinski definition) is 0. The van der Waals surface area contributed by atoms with Crippen LogP contribution in [0.1, 0.15) is 70.4 Å². The van der Waals surface area contributed by atoms with Crippen molar-refractivity contribution in [2.75, 3.05) is 19.6 Å². The van der Waals surface area contributed by atoms with E-state index in [2.05, 4.69) is 188 Å². The molecule has 1 aliphatic carbocycles. The number of rotatable bonds is 3. The summed E-state index contributed by atoms with van der Waals surface area (Å²) < 4.78 is 0. The van der Waals surface area contributed by atoms with Crippen molar-refractivity contribution in [2.45, 2.75) is 83.3 Å². The molecule has 0 aromatic heterocycles. The molecule has 4 heterocycles. The first-order valence-electron chi connectivity index (χ1n) is 20.0. The fourth-order valence-corrected chi connectivity index (χ4v) is 14.2. The predicted molar refractivity (Wildman–Crippen MR) is 231 cm³/mol. The van der Waals surface area contributed by atoms with Gasteiger partial charge in [-0.05, 0) is 108 Å². The molecular weight excluding hydrogens is 673 g/mol. The lowest BCUT2D eigenvalue weighted by Crippen LogP contribution is -2.59. The highest BCUT2D eigenvalue weighted by Crippen LogP contribution is 2.66. The van der Waals surface area contributed by atoms with E-state index in [1.165, 1.54) is 110 Å². The molecular formula is C49H48N4Si. The van der Waals surface area contributed by atoms with E-state index in [1.54, 1.807) is 0 Å². The van der Waals surface area contributed by atoms with Crippen molar-refractivity contribution in [1.29, 1.82) is 0 Å². The Hall–Kier alpha value is -5.26. The van der Waals surface area contributed by atoms with Crippen LogP contribution in [-0.2, 0) is 5.41 Å². The van der Waals surface area contributed by atoms with Crippen LogP contribution < -0.4 is 30.0 Å². The van der Waals surface area contributed by atoms with Gasteiger partial charge in [0.05, 0.1) is 45.4 Å². The zero-order chi connectivity index (χ0) is 36.7. The van der Waals surface area contributed by atoms with Gasteiger partial charge in [-0.1, -0.05) is 113 Å². The molecule has 4 nitrogen and oxygen atoms in total. The van der Waals surface area contributed by atoms with Crippen molar-refractivity contribution in [3.05, 3.63) is 139 Å². The Bertz CT molecular complexity index is 2540. The lowest BCUT2D eigenvalue weighted by molar-refractivity contribution is 0.195. The largest absolute Gasteiger partial charge is 0.334 e. The molecule has 6 aromatic carbocycles. The van der Waals surface area contributed by atoms with E-state index in [4.69, 9.17) is 0 Å². The van der Waals surface area contributed by atoms with Crippen molar-refractivity contribution in [1.82, 2.24) is 0 Å². The number of hydrogen-bond acceptors (Lipinski definition) is 4. The fourth-order valence-electron chi connectivity index (χ4n) is 11.2. The average Bonchev–Trinajstić information content (AvgIpc) is 3.40. The lowest BCUT2D eigenvalue weighted by atomic mass is 9.61. The molecule has 54 heavy (non-hydrogen) atoms. The summed E-state index contributed by atoms with van der Waals surface area (Å²) in [7, 11) is -2.02. The van der Waals surface area contributed by atoms with E-state index in [0.29, 0.717) is 5.92 Å². The van der Waals surface area contributed by atoms with Gasteiger partial charge in [-0.3, -0.25) is 0 Å². The van der Waals surface area contributed by atoms with Gasteiger partial charge in [-0.2, -0.15) is 0 Å². The SMILES string of the molecule is CC(C)c1cc2c3c(c1)N1c4ccccc4[Si](C)(C)c4cccc(c41)N3c1ccc(N3c4ccccc4C4(C)CCCCC34C)cc1N2c1ccccc1. The van der Waals surface area contributed by atoms with Crippen LogP contribution in [0.2, 0.25) is 13.1 Å². The standard InChI is InChI=1S/C49H48N4Si/c1-32(2)33-29-42-46-43(30-33)52-39-21-12-13-23-44(39)54(5,6)45-24-16-22-40(47(45)52)51(46)38-26-25-35(31-41(38)50(42)34-17-8-7-9-18-34)53-37-20-11-10-19-36(37)48(3)27-14-15-28-49(48,53)4/h7-13,16-26,29-32H,14-15,27-28H2,1-6H3. The molecule has 0 amide bonds. The summed E-state index contributed by atoms with van der Waals surface area (Å²) in [6.45, 7) is 14.8. The third-order valence-corrected chi connectivity index (χ3v) is 17.7. The maximum Gasteiger partial charge on any atom is 0.117 e. The first-order valence-corrected chi connectivity index (χ1v) is 23.0. The van der Waals surface area contributed by atoms with Crippen molar-refractivity contribution in [3.8, 4) is 0 Å². The zero-order valence-corrected chi connectivity index (χ0v) is 33.3. The summed E-state index contributed by atoms with van der Waals surface area (Å²) in [5, 5.41) is 3.00. The summed E-state index contributed by atoms with van der Waals surface area (Å²) in [5.74, 6) is 0.359. The van der Waals surface area contributed by atoms with Crippen molar-refractivity contribution < 1.29 is 0 Å². The van der Waals surface area contributed by atoms with Gasteiger partial charge in [0, 0.05) is 28.2 Å². The quantitative estimate of drug-likeness (QED) is 0.168. The van der Waals surface area contributed by atoms with Crippen LogP contribution in [0.25, 0.3) is 0 Å². The van der Waals surface area contributed by atoms with E-state index >= 15 is 0 Å². The molecule has 0 N–H and O–H groups in total. The summed E-state index contributed by atoms with van der Waals surface area (Å²) in [6.07, 6.45) is 4.95. The highest BCUT2D eigenvalue weighted by molar-refractivity contribution is 7.03. The monoisotopic (exact) mass is 720 g/mol. The number of nitrogens with zero attached hydrogens (tertiary/aromatic N) is 4. The number of fused-ring (bicyclic) bond motifs is 9. The van der Waals surface area contributed by atoms with Gasteiger partial charge in [0.2, 0.25) is 0 Å². The Balaban J connectivity index is 1.22. The van der Waals surface area contributed by atoms with E-state index < -0.39 is 8.07 Å². The number of anilines is 11. The van der Waals surface area contributed by atoms with Gasteiger partial charge in [-0.15, -0.1) is 0 Å². The number of para-hydroxylation sites is 4. The highest BCUT2D eigenvalue weighted by atomic mass is 28.3. The third kappa shape index (κ3) is 3.93. The molecule has 11 rings (SSSR count). The van der Waals surface area contributed by atoms with Crippen molar-refractivity contribution in [2.24, 2.45) is 0 Å². The van der Waals surface area contributed by atoms with Crippen molar-refractivity contribution >= 4 is 81.0 Å². The summed E-state index contributed by atoms with van der Waals surface area (Å²) in [6, 6.07) is 49.0. The molecule has 268 valence electrons. The fraction of sp³-hybridized carbons (Fsp3) is 0.265. The van der Waals surface area contributed by atoms with E-state index in [0.717, 1.165) is 0 Å². The van der Waals surface area contributed by atoms with Crippen LogP contribution >= 0.6 is 0 Å². The van der Waals surface area contributed by atoms with Crippen LogP contribution in [-0.4, -0.2) is 13.6 Å². The van der Waals surface area contributed by atoms with Gasteiger partial charge >= 0.3 is 0 Å². The Labute approximate surface area is 321 Å². The van der Waals surface area contributed by atoms with Gasteiger partial charge in [0.15, 0.2) is 0 Å². The smallest absolute Gasteiger partial charge is 0.117 e. The van der Waals surface area contributed by atoms with Crippen LogP contribution in [0, 0.1) is 0 Å². The van der Waals surface area contributed by atoms with Gasteiger partial charge in [0.1, 0.15) is 8.07 Å². The minimum Gasteiger partial charge on any atom is -0.334 e. The number of benzene rings is 6. The second-order valence-corrected chi connectivity index (χ2v) is 21.9. The third-order valence-electron chi connectivity index (χ3n) is 14.2. The Morgan fingerprint density at radius 1 is 0.519 bits per heavy atom. The Morgan fingerprint density at radius 3 is 1.96 bits per heavy atom. The van der Waals surface area contributed by atoms with Crippen LogP contribution in [0.4, 0.5) is 62.6 Å². The van der Waals surface area contributed by atoms with E-state index in [9.17, 15) is 0 Å². The molecule has 0 saturated heterocycles. The lowest BCUT2D eigenvalue weighted by Gasteiger charge is -2.52. The zero-order valence-electron chi connectivity index (χ0n) is 32.3. The predicted octanol–water partition coefficient (Wildman–Crippen LogP) is 12.7. The van der Waals surface area contributed by atoms with Gasteiger partial charge in [-0.25, -0.2) is 0 Å². The molecule has 5 aliphatic rings. The van der Waals surface area contributed by atoms with Crippen LogP contribution in [0.5, 0.6) is 0 Å². The topological polar surface area (TPSA) is 13.0 Å². The maximum absolute atomic E-state index is 2.73. The van der Waals surface area contributed by atoms with E-state index in [1.807, 2.05) is 0 Å². The molecule has 2 atom stereocenters. The summed E-state index contributed by atoms with van der Waals surface area (Å²) in [5.41, 5.74) is 16.9. The highest BCUT2D eigenvalue weighted by Gasteiger charge is 2.57. The summed E-state index contributed by atoms with van der Waals surface area (Å²) in [4.78, 5) is 10.5. The molecule has 6 aromatic rings. The average molecular weight is 721 g/mol. The molecule has 1 saturated carbocycles. The molecule has 0 spiro atoms. The van der Waals surface area contributed by atoms with Gasteiger partial charge < -0.3 is 19.6 Å². The molecule has 5 heteroatoms. The minimum atomic E-state index is -2.02. The maximum atomic E-state index is 2.73. The second kappa shape index (κ2) is 10.9. The molecule has 4 aliphatic heterocycles. The normalized spacial score (nSPS) is 22.3.